The molecule has 0 radical (unpaired) electrons. The molecular weight excluding hydrogens is 254 g/mol. The highest BCUT2D eigenvalue weighted by Gasteiger charge is 1.84. The second kappa shape index (κ2) is 9.54. The first-order chi connectivity index (χ1) is 7.66. The van der Waals surface area contributed by atoms with Crippen LogP contribution in [0, 0.1) is 0 Å². The Labute approximate surface area is 97.9 Å². The van der Waals surface area contributed by atoms with Gasteiger partial charge in [-0.1, -0.05) is 18.2 Å². The van der Waals surface area contributed by atoms with E-state index in [1.54, 1.807) is 24.3 Å². The van der Waals surface area contributed by atoms with Crippen LogP contribution in [0.4, 0.5) is 0 Å². The van der Waals surface area contributed by atoms with Gasteiger partial charge in [-0.2, -0.15) is 8.42 Å². The zero-order chi connectivity index (χ0) is 13.9. The standard InChI is InChI=1S/C6H6O.C2H5NO2.H2O4S/c7-6-4-2-1-3-5-6;3-1-2(4)5;1-5(2,3)4/h1-5,7H;1,3H2,(H,4,5);(H2,1,2,3,4). The van der Waals surface area contributed by atoms with Crippen molar-refractivity contribution in [1.82, 2.24) is 0 Å². The van der Waals surface area contributed by atoms with Gasteiger partial charge in [-0.25, -0.2) is 0 Å². The minimum absolute atomic E-state index is 0.278. The number of hydrogen-bond acceptors (Lipinski definition) is 5. The number of benzene rings is 1. The molecule has 1 rings (SSSR count). The van der Waals surface area contributed by atoms with Crippen molar-refractivity contribution in [2.45, 2.75) is 0 Å². The van der Waals surface area contributed by atoms with E-state index in [2.05, 4.69) is 5.73 Å². The smallest absolute Gasteiger partial charge is 0.394 e. The number of aliphatic carboxylic acids is 1. The molecule has 0 saturated carbocycles. The zero-order valence-corrected chi connectivity index (χ0v) is 9.41. The van der Waals surface area contributed by atoms with Gasteiger partial charge in [-0.3, -0.25) is 13.9 Å². The number of para-hydroxylation sites is 1. The largest absolute Gasteiger partial charge is 0.508 e. The molecule has 1 aromatic rings. The number of carboxylic acid groups (broad SMARTS) is 1. The number of carbonyl (C=O) groups is 1. The Hall–Kier alpha value is -1.68. The average Bonchev–Trinajstić information content (AvgIpc) is 2.17. The molecule has 8 nitrogen and oxygen atoms in total. The molecule has 0 aromatic heterocycles. The van der Waals surface area contributed by atoms with Crippen molar-refractivity contribution in [3.05, 3.63) is 30.3 Å². The molecule has 0 bridgehead atoms. The first-order valence-corrected chi connectivity index (χ1v) is 5.42. The first-order valence-electron chi connectivity index (χ1n) is 4.02. The number of carboxylic acids is 1. The molecule has 0 atom stereocenters. The van der Waals surface area contributed by atoms with E-state index >= 15 is 0 Å². The maximum Gasteiger partial charge on any atom is 0.394 e. The molecule has 9 heteroatoms. The molecule has 1 aromatic carbocycles. The molecule has 0 aliphatic rings. The summed E-state index contributed by atoms with van der Waals surface area (Å²) in [6.07, 6.45) is 0. The van der Waals surface area contributed by atoms with Crippen molar-refractivity contribution in [3.63, 3.8) is 0 Å². The SMILES string of the molecule is NCC(=O)O.O=S(=O)(O)O.Oc1ccccc1. The molecule has 0 amide bonds. The van der Waals surface area contributed by atoms with Crippen molar-refractivity contribution in [2.24, 2.45) is 5.73 Å². The lowest BCUT2D eigenvalue weighted by molar-refractivity contribution is -0.135. The highest BCUT2D eigenvalue weighted by Crippen LogP contribution is 2.02. The van der Waals surface area contributed by atoms with Crippen molar-refractivity contribution in [1.29, 1.82) is 0 Å². The summed E-state index contributed by atoms with van der Waals surface area (Å²) >= 11 is 0. The van der Waals surface area contributed by atoms with E-state index < -0.39 is 16.4 Å². The number of phenolic OH excluding ortho intramolecular Hbond substituents is 1. The molecule has 17 heavy (non-hydrogen) atoms. The maximum absolute atomic E-state index is 9.24. The third-order valence-corrected chi connectivity index (χ3v) is 0.931. The van der Waals surface area contributed by atoms with Gasteiger partial charge in [0, 0.05) is 0 Å². The molecular formula is C8H13NO7S. The molecule has 0 spiro atoms. The lowest BCUT2D eigenvalue weighted by Crippen LogP contribution is -2.10. The van der Waals surface area contributed by atoms with Crippen molar-refractivity contribution >= 4 is 16.4 Å². The molecule has 0 aliphatic heterocycles. The number of rotatable bonds is 1. The van der Waals surface area contributed by atoms with E-state index in [1.165, 1.54) is 0 Å². The average molecular weight is 267 g/mol. The van der Waals surface area contributed by atoms with Gasteiger partial charge in [-0.05, 0) is 12.1 Å². The van der Waals surface area contributed by atoms with Crippen LogP contribution in [0.15, 0.2) is 30.3 Å². The summed E-state index contributed by atoms with van der Waals surface area (Å²) in [6, 6.07) is 8.71. The van der Waals surface area contributed by atoms with E-state index in [1.807, 2.05) is 6.07 Å². The number of nitrogens with two attached hydrogens (primary N) is 1. The second-order valence-electron chi connectivity index (χ2n) is 2.38. The third-order valence-electron chi connectivity index (χ3n) is 0.931. The second-order valence-corrected chi connectivity index (χ2v) is 3.28. The van der Waals surface area contributed by atoms with Gasteiger partial charge in [-0.15, -0.1) is 0 Å². The Morgan fingerprint density at radius 2 is 1.47 bits per heavy atom. The van der Waals surface area contributed by atoms with Crippen LogP contribution in [-0.4, -0.2) is 40.3 Å². The quantitative estimate of drug-likeness (QED) is 0.436. The lowest BCUT2D eigenvalue weighted by Gasteiger charge is -1.82. The van der Waals surface area contributed by atoms with Crippen molar-refractivity contribution in [3.8, 4) is 5.75 Å². The topological polar surface area (TPSA) is 158 Å². The molecule has 0 unspecified atom stereocenters. The predicted octanol–water partition coefficient (Wildman–Crippen LogP) is -0.231. The van der Waals surface area contributed by atoms with Crippen LogP contribution in [0.3, 0.4) is 0 Å². The van der Waals surface area contributed by atoms with Gasteiger partial charge in [0.1, 0.15) is 5.75 Å². The summed E-state index contributed by atoms with van der Waals surface area (Å²) in [5, 5.41) is 16.2. The first kappa shape index (κ1) is 17.7. The normalized spacial score (nSPS) is 9.12. The van der Waals surface area contributed by atoms with E-state index in [0.29, 0.717) is 5.75 Å². The van der Waals surface area contributed by atoms with Crippen molar-refractivity contribution < 1.29 is 32.5 Å². The van der Waals surface area contributed by atoms with Crippen LogP contribution in [0.1, 0.15) is 0 Å². The van der Waals surface area contributed by atoms with Crippen LogP contribution in [0.25, 0.3) is 0 Å². The summed E-state index contributed by atoms with van der Waals surface area (Å²) in [5.74, 6) is -0.646. The fourth-order valence-electron chi connectivity index (χ4n) is 0.428. The minimum atomic E-state index is -4.67. The highest BCUT2D eigenvalue weighted by molar-refractivity contribution is 7.79. The molecule has 0 saturated heterocycles. The Morgan fingerprint density at radius 3 is 1.59 bits per heavy atom. The predicted molar refractivity (Wildman–Crippen MR) is 59.0 cm³/mol. The lowest BCUT2D eigenvalue weighted by atomic mass is 10.3. The van der Waals surface area contributed by atoms with Gasteiger partial charge in [0.25, 0.3) is 0 Å². The van der Waals surface area contributed by atoms with Gasteiger partial charge in [0.05, 0.1) is 6.54 Å². The third kappa shape index (κ3) is 31.4. The monoisotopic (exact) mass is 267 g/mol. The van der Waals surface area contributed by atoms with E-state index in [-0.39, 0.29) is 6.54 Å². The Bertz CT molecular complexity index is 395. The van der Waals surface area contributed by atoms with Crippen LogP contribution in [0.5, 0.6) is 5.75 Å². The van der Waals surface area contributed by atoms with E-state index in [0.717, 1.165) is 0 Å². The van der Waals surface area contributed by atoms with Crippen LogP contribution in [0.2, 0.25) is 0 Å². The zero-order valence-electron chi connectivity index (χ0n) is 8.59. The van der Waals surface area contributed by atoms with Crippen LogP contribution < -0.4 is 5.73 Å². The van der Waals surface area contributed by atoms with Gasteiger partial charge in [0.2, 0.25) is 0 Å². The van der Waals surface area contributed by atoms with E-state index in [9.17, 15) is 4.79 Å². The molecule has 0 heterocycles. The highest BCUT2D eigenvalue weighted by atomic mass is 32.3. The maximum atomic E-state index is 9.24. The van der Waals surface area contributed by atoms with Gasteiger partial charge >= 0.3 is 16.4 Å². The van der Waals surface area contributed by atoms with E-state index in [4.69, 9.17) is 27.7 Å². The van der Waals surface area contributed by atoms with Crippen molar-refractivity contribution in [2.75, 3.05) is 6.54 Å². The summed E-state index contributed by atoms with van der Waals surface area (Å²) in [5.41, 5.74) is 4.57. The summed E-state index contributed by atoms with van der Waals surface area (Å²) in [6.45, 7) is -0.278. The number of phenols is 1. The minimum Gasteiger partial charge on any atom is -0.508 e. The molecule has 0 fully saturated rings. The van der Waals surface area contributed by atoms with Gasteiger partial charge < -0.3 is 15.9 Å². The molecule has 6 N–H and O–H groups in total. The summed E-state index contributed by atoms with van der Waals surface area (Å²) < 4.78 is 31.6. The summed E-state index contributed by atoms with van der Waals surface area (Å²) in [7, 11) is -4.67. The number of hydrogen-bond donors (Lipinski definition) is 5. The fraction of sp³-hybridized carbons (Fsp3) is 0.125. The Morgan fingerprint density at radius 1 is 1.18 bits per heavy atom. The van der Waals surface area contributed by atoms with Gasteiger partial charge in [0.15, 0.2) is 0 Å². The van der Waals surface area contributed by atoms with Crippen LogP contribution >= 0.6 is 0 Å². The number of aromatic hydroxyl groups is 1. The van der Waals surface area contributed by atoms with Crippen LogP contribution in [-0.2, 0) is 15.2 Å². The Balaban J connectivity index is 0. The fourth-order valence-corrected chi connectivity index (χ4v) is 0.428. The molecule has 98 valence electrons. The molecule has 0 aliphatic carbocycles. The Kier molecular flexibility index (Phi) is 9.94. The summed E-state index contributed by atoms with van der Waals surface area (Å²) in [4.78, 5) is 9.24.